The zero-order valence-electron chi connectivity index (χ0n) is 18.7. The Morgan fingerprint density at radius 2 is 1.47 bits per heavy atom. The topological polar surface area (TPSA) is 54.0 Å². The van der Waals surface area contributed by atoms with E-state index in [9.17, 15) is 4.79 Å². The fourth-order valence-electron chi connectivity index (χ4n) is 3.44. The van der Waals surface area contributed by atoms with Gasteiger partial charge < -0.3 is 18.9 Å². The molecule has 0 aliphatic heterocycles. The number of ether oxygens (including phenoxy) is 4. The molecule has 0 aliphatic rings. The van der Waals surface area contributed by atoms with Crippen molar-refractivity contribution < 1.29 is 23.7 Å². The summed E-state index contributed by atoms with van der Waals surface area (Å²) in [5.74, 6) is 1.33. The highest BCUT2D eigenvalue weighted by Gasteiger charge is 2.20. The van der Waals surface area contributed by atoms with Gasteiger partial charge in [-0.1, -0.05) is 41.4 Å². The predicted octanol–water partition coefficient (Wildman–Crippen LogP) is 6.21. The van der Waals surface area contributed by atoms with Gasteiger partial charge in [0.15, 0.2) is 11.5 Å². The molecule has 3 aromatic rings. The van der Waals surface area contributed by atoms with E-state index in [1.54, 1.807) is 45.6 Å². The number of aryl methyl sites for hydroxylation is 2. The zero-order chi connectivity index (χ0) is 23.1. The minimum atomic E-state index is -0.419. The van der Waals surface area contributed by atoms with Gasteiger partial charge in [0.25, 0.3) is 0 Å². The summed E-state index contributed by atoms with van der Waals surface area (Å²) in [7, 11) is 4.75. The summed E-state index contributed by atoms with van der Waals surface area (Å²) in [6.45, 7) is 2.02. The summed E-state index contributed by atoms with van der Waals surface area (Å²) in [5, 5.41) is 0.569. The number of halogens is 1. The van der Waals surface area contributed by atoms with Crippen LogP contribution < -0.4 is 14.2 Å². The molecule has 0 radical (unpaired) electrons. The van der Waals surface area contributed by atoms with Gasteiger partial charge in [-0.15, -0.1) is 0 Å². The minimum Gasteiger partial charge on any atom is -0.493 e. The molecule has 5 nitrogen and oxygen atoms in total. The highest BCUT2D eigenvalue weighted by Crippen LogP contribution is 2.39. The lowest BCUT2D eigenvalue weighted by Crippen LogP contribution is -2.13. The Kier molecular flexibility index (Phi) is 8.01. The lowest BCUT2D eigenvalue weighted by atomic mass is 9.99. The van der Waals surface area contributed by atoms with E-state index >= 15 is 0 Å². The smallest absolute Gasteiger partial charge is 0.338 e. The van der Waals surface area contributed by atoms with Crippen LogP contribution in [-0.4, -0.2) is 27.3 Å². The van der Waals surface area contributed by atoms with Crippen LogP contribution in [0.15, 0.2) is 60.7 Å². The molecule has 0 unspecified atom stereocenters. The second-order valence-corrected chi connectivity index (χ2v) is 7.82. The molecule has 0 aromatic heterocycles. The van der Waals surface area contributed by atoms with Crippen molar-refractivity contribution >= 4 is 17.6 Å². The number of carbonyl (C=O) groups is 1. The first-order valence-electron chi connectivity index (χ1n) is 10.3. The van der Waals surface area contributed by atoms with E-state index in [1.807, 2.05) is 43.3 Å². The number of benzene rings is 3. The third-order valence-electron chi connectivity index (χ3n) is 5.20. The third-order valence-corrected chi connectivity index (χ3v) is 5.45. The number of carbonyl (C=O) groups excluding carboxylic acids is 1. The normalized spacial score (nSPS) is 11.5. The van der Waals surface area contributed by atoms with Crippen molar-refractivity contribution in [2.45, 2.75) is 25.9 Å². The van der Waals surface area contributed by atoms with Crippen molar-refractivity contribution in [3.63, 3.8) is 0 Å². The first-order chi connectivity index (χ1) is 15.4. The number of methoxy groups -OCH3 is 3. The summed E-state index contributed by atoms with van der Waals surface area (Å²) >= 11 is 5.94. The molecule has 3 aromatic carbocycles. The van der Waals surface area contributed by atoms with Crippen LogP contribution in [0, 0.1) is 6.92 Å². The lowest BCUT2D eigenvalue weighted by Gasteiger charge is -2.20. The standard InChI is InChI=1S/C26H27ClO5/c1-17-5-8-19(9-6-17)22(32-26(28)20-10-12-21(27)13-11-20)14-7-18-15-23(29-2)25(31-4)24(16-18)30-3/h5-6,8-13,15-16,22H,7,14H2,1-4H3/t22-/m1/s1. The van der Waals surface area contributed by atoms with Crippen LogP contribution in [0.4, 0.5) is 0 Å². The fraction of sp³-hybridized carbons (Fsp3) is 0.269. The van der Waals surface area contributed by atoms with Crippen LogP contribution in [0.3, 0.4) is 0 Å². The minimum absolute atomic E-state index is 0.392. The van der Waals surface area contributed by atoms with Gasteiger partial charge in [0.05, 0.1) is 26.9 Å². The lowest BCUT2D eigenvalue weighted by molar-refractivity contribution is 0.0277. The van der Waals surface area contributed by atoms with Gasteiger partial charge in [-0.25, -0.2) is 4.79 Å². The second kappa shape index (κ2) is 10.9. The number of hydrogen-bond donors (Lipinski definition) is 0. The molecule has 1 atom stereocenters. The van der Waals surface area contributed by atoms with Crippen molar-refractivity contribution in [2.75, 3.05) is 21.3 Å². The molecule has 0 spiro atoms. The quantitative estimate of drug-likeness (QED) is 0.360. The maximum absolute atomic E-state index is 12.8. The second-order valence-electron chi connectivity index (χ2n) is 7.38. The maximum Gasteiger partial charge on any atom is 0.338 e. The Bertz CT molecular complexity index is 1020. The van der Waals surface area contributed by atoms with Crippen molar-refractivity contribution in [3.8, 4) is 17.2 Å². The largest absolute Gasteiger partial charge is 0.493 e. The van der Waals surface area contributed by atoms with Gasteiger partial charge in [-0.2, -0.15) is 0 Å². The number of esters is 1. The highest BCUT2D eigenvalue weighted by atomic mass is 35.5. The molecule has 0 saturated heterocycles. The molecule has 6 heteroatoms. The van der Waals surface area contributed by atoms with Gasteiger partial charge in [-0.3, -0.25) is 0 Å². The molecule has 32 heavy (non-hydrogen) atoms. The third kappa shape index (κ3) is 5.74. The van der Waals surface area contributed by atoms with Crippen LogP contribution in [0.2, 0.25) is 5.02 Å². The van der Waals surface area contributed by atoms with E-state index in [4.69, 9.17) is 30.5 Å². The molecule has 0 saturated carbocycles. The zero-order valence-corrected chi connectivity index (χ0v) is 19.4. The van der Waals surface area contributed by atoms with Crippen molar-refractivity contribution in [2.24, 2.45) is 0 Å². The molecule has 3 rings (SSSR count). The van der Waals surface area contributed by atoms with Crippen LogP contribution >= 0.6 is 11.6 Å². The SMILES string of the molecule is COc1cc(CC[C@@H](OC(=O)c2ccc(Cl)cc2)c2ccc(C)cc2)cc(OC)c1OC. The molecule has 0 heterocycles. The van der Waals surface area contributed by atoms with Crippen molar-refractivity contribution in [1.82, 2.24) is 0 Å². The first kappa shape index (κ1) is 23.5. The monoisotopic (exact) mass is 454 g/mol. The van der Waals surface area contributed by atoms with E-state index in [0.29, 0.717) is 40.7 Å². The molecule has 0 aliphatic carbocycles. The summed E-state index contributed by atoms with van der Waals surface area (Å²) < 4.78 is 22.2. The number of hydrogen-bond acceptors (Lipinski definition) is 5. The van der Waals surface area contributed by atoms with Gasteiger partial charge >= 0.3 is 5.97 Å². The Hall–Kier alpha value is -3.18. The Morgan fingerprint density at radius 3 is 2.00 bits per heavy atom. The Morgan fingerprint density at radius 1 is 0.875 bits per heavy atom. The summed E-state index contributed by atoms with van der Waals surface area (Å²) in [6.07, 6.45) is 0.808. The van der Waals surface area contributed by atoms with Crippen LogP contribution in [0.25, 0.3) is 0 Å². The Balaban J connectivity index is 1.83. The van der Waals surface area contributed by atoms with E-state index in [1.165, 1.54) is 0 Å². The van der Waals surface area contributed by atoms with E-state index in [2.05, 4.69) is 0 Å². The van der Waals surface area contributed by atoms with Gasteiger partial charge in [0.2, 0.25) is 5.75 Å². The predicted molar refractivity (Wildman–Crippen MR) is 125 cm³/mol. The van der Waals surface area contributed by atoms with Crippen LogP contribution in [0.1, 0.15) is 39.6 Å². The van der Waals surface area contributed by atoms with E-state index in [-0.39, 0.29) is 0 Å². The molecule has 0 N–H and O–H groups in total. The molecular weight excluding hydrogens is 428 g/mol. The summed E-state index contributed by atoms with van der Waals surface area (Å²) in [4.78, 5) is 12.8. The summed E-state index contributed by atoms with van der Waals surface area (Å²) in [5.41, 5.74) is 3.52. The fourth-order valence-corrected chi connectivity index (χ4v) is 3.56. The van der Waals surface area contributed by atoms with Gasteiger partial charge in [-0.05, 0) is 67.3 Å². The number of rotatable bonds is 9. The van der Waals surface area contributed by atoms with Crippen molar-refractivity contribution in [3.05, 3.63) is 87.9 Å². The van der Waals surface area contributed by atoms with Gasteiger partial charge in [0.1, 0.15) is 6.10 Å². The molecule has 168 valence electrons. The maximum atomic E-state index is 12.8. The van der Waals surface area contributed by atoms with Gasteiger partial charge in [0, 0.05) is 5.02 Å². The van der Waals surface area contributed by atoms with E-state index in [0.717, 1.165) is 16.7 Å². The van der Waals surface area contributed by atoms with E-state index < -0.39 is 12.1 Å². The Labute approximate surface area is 193 Å². The molecule has 0 bridgehead atoms. The van der Waals surface area contributed by atoms with Crippen molar-refractivity contribution in [1.29, 1.82) is 0 Å². The molecule has 0 amide bonds. The molecular formula is C26H27ClO5. The summed E-state index contributed by atoms with van der Waals surface area (Å²) in [6, 6.07) is 18.5. The highest BCUT2D eigenvalue weighted by molar-refractivity contribution is 6.30. The van der Waals surface area contributed by atoms with Crippen LogP contribution in [-0.2, 0) is 11.2 Å². The first-order valence-corrected chi connectivity index (χ1v) is 10.6. The van der Waals surface area contributed by atoms with Crippen LogP contribution in [0.5, 0.6) is 17.2 Å². The molecule has 0 fully saturated rings. The average molecular weight is 455 g/mol. The average Bonchev–Trinajstić information content (AvgIpc) is 2.81.